The van der Waals surface area contributed by atoms with Gasteiger partial charge >= 0.3 is 0 Å². The third kappa shape index (κ3) is 4.15. The van der Waals surface area contributed by atoms with Gasteiger partial charge in [-0.3, -0.25) is 9.59 Å². The molecule has 0 fully saturated rings. The molecule has 27 heavy (non-hydrogen) atoms. The average molecular weight is 372 g/mol. The molecule has 2 aromatic rings. The van der Waals surface area contributed by atoms with Crippen LogP contribution in [0.1, 0.15) is 36.2 Å². The largest absolute Gasteiger partial charge is 0.340 e. The number of rotatable bonds is 4. The Hall–Kier alpha value is -2.76. The van der Waals surface area contributed by atoms with Crippen LogP contribution in [0.3, 0.4) is 0 Å². The van der Waals surface area contributed by atoms with E-state index in [2.05, 4.69) is 5.32 Å². The minimum absolute atomic E-state index is 0.166. The summed E-state index contributed by atoms with van der Waals surface area (Å²) < 4.78 is 26.8. The van der Waals surface area contributed by atoms with E-state index in [-0.39, 0.29) is 17.4 Å². The van der Waals surface area contributed by atoms with Gasteiger partial charge < -0.3 is 10.2 Å². The van der Waals surface area contributed by atoms with Crippen molar-refractivity contribution in [1.29, 1.82) is 0 Å². The maximum absolute atomic E-state index is 13.7. The van der Waals surface area contributed by atoms with Crippen LogP contribution in [0, 0.1) is 17.6 Å². The molecular formula is C21H22F2N2O2. The van der Waals surface area contributed by atoms with Gasteiger partial charge in [0, 0.05) is 17.8 Å². The summed E-state index contributed by atoms with van der Waals surface area (Å²) in [5, 5.41) is 2.75. The maximum atomic E-state index is 13.7. The molecule has 0 aliphatic carbocycles. The predicted molar refractivity (Wildman–Crippen MR) is 99.6 cm³/mol. The van der Waals surface area contributed by atoms with E-state index in [0.717, 1.165) is 18.4 Å². The van der Waals surface area contributed by atoms with Crippen molar-refractivity contribution in [3.8, 4) is 0 Å². The summed E-state index contributed by atoms with van der Waals surface area (Å²) in [6, 6.07) is 8.84. The van der Waals surface area contributed by atoms with Gasteiger partial charge in [-0.15, -0.1) is 0 Å². The molecular weight excluding hydrogens is 350 g/mol. The van der Waals surface area contributed by atoms with Crippen LogP contribution in [-0.2, 0) is 11.2 Å². The van der Waals surface area contributed by atoms with Crippen molar-refractivity contribution < 1.29 is 18.4 Å². The zero-order valence-electron chi connectivity index (χ0n) is 15.3. The van der Waals surface area contributed by atoms with Crippen LogP contribution in [0.2, 0.25) is 0 Å². The summed E-state index contributed by atoms with van der Waals surface area (Å²) in [6.45, 7) is 4.15. The van der Waals surface area contributed by atoms with E-state index in [1.54, 1.807) is 11.0 Å². The van der Waals surface area contributed by atoms with Crippen molar-refractivity contribution in [2.75, 3.05) is 11.4 Å². The molecule has 0 saturated heterocycles. The molecule has 4 nitrogen and oxygen atoms in total. The molecule has 1 heterocycles. The van der Waals surface area contributed by atoms with Crippen molar-refractivity contribution in [1.82, 2.24) is 5.32 Å². The number of hydrogen-bond acceptors (Lipinski definition) is 2. The topological polar surface area (TPSA) is 49.4 Å². The monoisotopic (exact) mass is 372 g/mol. The molecule has 0 radical (unpaired) electrons. The van der Waals surface area contributed by atoms with E-state index in [1.165, 1.54) is 36.4 Å². The molecule has 1 atom stereocenters. The van der Waals surface area contributed by atoms with Gasteiger partial charge in [0.25, 0.3) is 5.91 Å². The Bertz CT molecular complexity index is 850. The van der Waals surface area contributed by atoms with Gasteiger partial charge in [0.15, 0.2) is 0 Å². The summed E-state index contributed by atoms with van der Waals surface area (Å²) in [7, 11) is 0. The molecule has 0 aromatic heterocycles. The van der Waals surface area contributed by atoms with E-state index in [0.29, 0.717) is 12.2 Å². The lowest BCUT2D eigenvalue weighted by Gasteiger charge is -2.34. The van der Waals surface area contributed by atoms with E-state index in [9.17, 15) is 18.4 Å². The van der Waals surface area contributed by atoms with Gasteiger partial charge in [0.05, 0.1) is 0 Å². The minimum atomic E-state index is -0.767. The van der Waals surface area contributed by atoms with Crippen LogP contribution in [0.25, 0.3) is 0 Å². The summed E-state index contributed by atoms with van der Waals surface area (Å²) in [5.41, 5.74) is 1.76. The third-order valence-corrected chi connectivity index (χ3v) is 4.76. The quantitative estimate of drug-likeness (QED) is 0.890. The molecule has 1 N–H and O–H groups in total. The number of aryl methyl sites for hydroxylation is 1. The first kappa shape index (κ1) is 19.0. The Balaban J connectivity index is 1.83. The average Bonchev–Trinajstić information content (AvgIpc) is 2.65. The first-order chi connectivity index (χ1) is 12.9. The molecule has 1 aliphatic heterocycles. The number of fused-ring (bicyclic) bond motifs is 1. The van der Waals surface area contributed by atoms with Gasteiger partial charge in [-0.25, -0.2) is 8.78 Å². The standard InChI is InChI=1S/C21H22F2N2O2/c1-13(2)19(24-20(26)15-6-8-16(22)9-7-15)21(27)25-11-3-4-14-5-10-17(23)12-18(14)25/h5-10,12-13,19H,3-4,11H2,1-2H3,(H,24,26). The van der Waals surface area contributed by atoms with E-state index < -0.39 is 23.6 Å². The maximum Gasteiger partial charge on any atom is 0.251 e. The number of hydrogen-bond donors (Lipinski definition) is 1. The number of amides is 2. The Labute approximate surface area is 157 Å². The highest BCUT2D eigenvalue weighted by molar-refractivity contribution is 6.03. The minimum Gasteiger partial charge on any atom is -0.340 e. The lowest BCUT2D eigenvalue weighted by atomic mass is 9.97. The Morgan fingerprint density at radius 2 is 1.70 bits per heavy atom. The molecule has 0 spiro atoms. The van der Waals surface area contributed by atoms with Crippen LogP contribution in [0.4, 0.5) is 14.5 Å². The van der Waals surface area contributed by atoms with E-state index in [1.807, 2.05) is 13.8 Å². The number of carbonyl (C=O) groups is 2. The second kappa shape index (κ2) is 7.86. The number of anilines is 1. The van der Waals surface area contributed by atoms with Gasteiger partial charge in [-0.1, -0.05) is 19.9 Å². The smallest absolute Gasteiger partial charge is 0.251 e. The van der Waals surface area contributed by atoms with Crippen LogP contribution < -0.4 is 10.2 Å². The summed E-state index contributed by atoms with van der Waals surface area (Å²) in [4.78, 5) is 27.2. The second-order valence-corrected chi connectivity index (χ2v) is 7.07. The highest BCUT2D eigenvalue weighted by atomic mass is 19.1. The first-order valence-electron chi connectivity index (χ1n) is 9.03. The zero-order valence-corrected chi connectivity index (χ0v) is 15.3. The van der Waals surface area contributed by atoms with Crippen molar-refractivity contribution in [2.24, 2.45) is 5.92 Å². The highest BCUT2D eigenvalue weighted by Crippen LogP contribution is 2.29. The molecule has 142 valence electrons. The number of benzene rings is 2. The molecule has 0 saturated carbocycles. The summed E-state index contributed by atoms with van der Waals surface area (Å²) in [5.74, 6) is -1.72. The molecule has 3 rings (SSSR count). The van der Waals surface area contributed by atoms with Gasteiger partial charge in [-0.2, -0.15) is 0 Å². The Kier molecular flexibility index (Phi) is 5.54. The van der Waals surface area contributed by atoms with Gasteiger partial charge in [0.1, 0.15) is 17.7 Å². The lowest BCUT2D eigenvalue weighted by molar-refractivity contribution is -0.121. The normalized spacial score (nSPS) is 14.6. The predicted octanol–water partition coefficient (Wildman–Crippen LogP) is 3.70. The fraction of sp³-hybridized carbons (Fsp3) is 0.333. The van der Waals surface area contributed by atoms with E-state index >= 15 is 0 Å². The van der Waals surface area contributed by atoms with Crippen molar-refractivity contribution in [3.63, 3.8) is 0 Å². The first-order valence-corrected chi connectivity index (χ1v) is 9.03. The van der Waals surface area contributed by atoms with Crippen LogP contribution in [-0.4, -0.2) is 24.4 Å². The molecule has 2 aromatic carbocycles. The van der Waals surface area contributed by atoms with E-state index in [4.69, 9.17) is 0 Å². The number of nitrogens with one attached hydrogen (secondary N) is 1. The van der Waals surface area contributed by atoms with Crippen LogP contribution in [0.15, 0.2) is 42.5 Å². The van der Waals surface area contributed by atoms with Crippen molar-refractivity contribution >= 4 is 17.5 Å². The van der Waals surface area contributed by atoms with Crippen LogP contribution in [0.5, 0.6) is 0 Å². The lowest BCUT2D eigenvalue weighted by Crippen LogP contribution is -2.52. The fourth-order valence-corrected chi connectivity index (χ4v) is 3.28. The van der Waals surface area contributed by atoms with Gasteiger partial charge in [0.2, 0.25) is 5.91 Å². The van der Waals surface area contributed by atoms with Crippen molar-refractivity contribution in [2.45, 2.75) is 32.7 Å². The Morgan fingerprint density at radius 3 is 2.37 bits per heavy atom. The highest BCUT2D eigenvalue weighted by Gasteiger charge is 2.32. The SMILES string of the molecule is CC(C)C(NC(=O)c1ccc(F)cc1)C(=O)N1CCCc2ccc(F)cc21. The molecule has 2 amide bonds. The second-order valence-electron chi connectivity index (χ2n) is 7.07. The van der Waals surface area contributed by atoms with Gasteiger partial charge in [-0.05, 0) is 60.7 Å². The Morgan fingerprint density at radius 1 is 1.04 bits per heavy atom. The third-order valence-electron chi connectivity index (χ3n) is 4.76. The molecule has 6 heteroatoms. The molecule has 1 aliphatic rings. The molecule has 0 bridgehead atoms. The summed E-state index contributed by atoms with van der Waals surface area (Å²) in [6.07, 6.45) is 1.56. The number of nitrogens with zero attached hydrogens (tertiary/aromatic N) is 1. The van der Waals surface area contributed by atoms with Crippen LogP contribution >= 0.6 is 0 Å². The van der Waals surface area contributed by atoms with Crippen molar-refractivity contribution in [3.05, 3.63) is 65.2 Å². The number of carbonyl (C=O) groups excluding carboxylic acids is 2. The number of halogens is 2. The zero-order chi connectivity index (χ0) is 19.6. The molecule has 1 unspecified atom stereocenters. The summed E-state index contributed by atoms with van der Waals surface area (Å²) >= 11 is 0. The fourth-order valence-electron chi connectivity index (χ4n) is 3.28.